The van der Waals surface area contributed by atoms with Crippen LogP contribution < -0.4 is 0 Å². The Labute approximate surface area is 80.3 Å². The SMILES string of the molecule is CC(=O)C1C(C)C(O)CCC1(C)C. The van der Waals surface area contributed by atoms with Crippen LogP contribution in [0.1, 0.15) is 40.5 Å². The topological polar surface area (TPSA) is 37.3 Å². The van der Waals surface area contributed by atoms with E-state index in [2.05, 4.69) is 13.8 Å². The zero-order valence-electron chi connectivity index (χ0n) is 9.00. The Morgan fingerprint density at radius 3 is 2.38 bits per heavy atom. The fraction of sp³-hybridized carbons (Fsp3) is 0.909. The molecule has 2 nitrogen and oxygen atoms in total. The number of aliphatic hydroxyl groups is 1. The number of carbonyl (C=O) groups is 1. The molecule has 2 heteroatoms. The zero-order valence-corrected chi connectivity index (χ0v) is 9.00. The van der Waals surface area contributed by atoms with Crippen LogP contribution in [0.2, 0.25) is 0 Å². The number of rotatable bonds is 1. The zero-order chi connectivity index (χ0) is 10.2. The van der Waals surface area contributed by atoms with E-state index in [4.69, 9.17) is 0 Å². The molecule has 76 valence electrons. The van der Waals surface area contributed by atoms with Gasteiger partial charge in [0.15, 0.2) is 0 Å². The van der Waals surface area contributed by atoms with Crippen molar-refractivity contribution in [2.75, 3.05) is 0 Å². The highest BCUT2D eigenvalue weighted by Gasteiger charge is 2.43. The fourth-order valence-electron chi connectivity index (χ4n) is 2.79. The molecule has 0 heterocycles. The van der Waals surface area contributed by atoms with E-state index >= 15 is 0 Å². The van der Waals surface area contributed by atoms with Crippen LogP contribution in [0.25, 0.3) is 0 Å². The first kappa shape index (κ1) is 10.7. The molecule has 1 rings (SSSR count). The molecule has 0 bridgehead atoms. The lowest BCUT2D eigenvalue weighted by molar-refractivity contribution is -0.133. The van der Waals surface area contributed by atoms with Gasteiger partial charge >= 0.3 is 0 Å². The first-order valence-corrected chi connectivity index (χ1v) is 5.05. The summed E-state index contributed by atoms with van der Waals surface area (Å²) in [6, 6.07) is 0. The van der Waals surface area contributed by atoms with Crippen LogP contribution in [-0.4, -0.2) is 17.0 Å². The molecular formula is C11H20O2. The maximum absolute atomic E-state index is 11.5. The summed E-state index contributed by atoms with van der Waals surface area (Å²) >= 11 is 0. The van der Waals surface area contributed by atoms with E-state index in [1.165, 1.54) is 0 Å². The molecule has 0 saturated heterocycles. The van der Waals surface area contributed by atoms with Gasteiger partial charge in [-0.05, 0) is 31.1 Å². The van der Waals surface area contributed by atoms with Crippen LogP contribution in [0.15, 0.2) is 0 Å². The second-order valence-electron chi connectivity index (χ2n) is 5.04. The summed E-state index contributed by atoms with van der Waals surface area (Å²) in [7, 11) is 0. The van der Waals surface area contributed by atoms with E-state index in [0.717, 1.165) is 12.8 Å². The molecule has 0 amide bonds. The Bertz CT molecular complexity index is 208. The van der Waals surface area contributed by atoms with Crippen molar-refractivity contribution in [3.8, 4) is 0 Å². The van der Waals surface area contributed by atoms with Gasteiger partial charge in [-0.15, -0.1) is 0 Å². The lowest BCUT2D eigenvalue weighted by Crippen LogP contribution is -2.44. The van der Waals surface area contributed by atoms with Crippen LogP contribution in [0.5, 0.6) is 0 Å². The van der Waals surface area contributed by atoms with Crippen molar-refractivity contribution in [3.05, 3.63) is 0 Å². The van der Waals surface area contributed by atoms with Crippen molar-refractivity contribution in [3.63, 3.8) is 0 Å². The molecule has 0 spiro atoms. The molecule has 13 heavy (non-hydrogen) atoms. The summed E-state index contributed by atoms with van der Waals surface area (Å²) in [6.45, 7) is 7.88. The number of hydrogen-bond acceptors (Lipinski definition) is 2. The van der Waals surface area contributed by atoms with Crippen molar-refractivity contribution in [1.82, 2.24) is 0 Å². The quantitative estimate of drug-likeness (QED) is 0.677. The van der Waals surface area contributed by atoms with Crippen LogP contribution >= 0.6 is 0 Å². The standard InChI is InChI=1S/C11H20O2/c1-7-9(13)5-6-11(3,4)10(7)8(2)12/h7,9-10,13H,5-6H2,1-4H3. The summed E-state index contributed by atoms with van der Waals surface area (Å²) in [5.74, 6) is 0.355. The minimum atomic E-state index is -0.290. The summed E-state index contributed by atoms with van der Waals surface area (Å²) in [6.07, 6.45) is 1.49. The van der Waals surface area contributed by atoms with E-state index in [1.807, 2.05) is 6.92 Å². The van der Waals surface area contributed by atoms with Gasteiger partial charge in [0.05, 0.1) is 6.10 Å². The minimum absolute atomic E-state index is 0.0243. The predicted octanol–water partition coefficient (Wildman–Crippen LogP) is 2.01. The molecule has 0 aromatic rings. The fourth-order valence-corrected chi connectivity index (χ4v) is 2.79. The first-order chi connectivity index (χ1) is 5.86. The van der Waals surface area contributed by atoms with E-state index in [1.54, 1.807) is 6.92 Å². The second kappa shape index (κ2) is 3.41. The van der Waals surface area contributed by atoms with Crippen LogP contribution in [0.3, 0.4) is 0 Å². The molecular weight excluding hydrogens is 164 g/mol. The third kappa shape index (κ3) is 1.93. The summed E-state index contributed by atoms with van der Waals surface area (Å²) in [5.41, 5.74) is 0.0600. The Hall–Kier alpha value is -0.370. The van der Waals surface area contributed by atoms with Gasteiger partial charge in [0.25, 0.3) is 0 Å². The lowest BCUT2D eigenvalue weighted by Gasteiger charge is -2.43. The van der Waals surface area contributed by atoms with Gasteiger partial charge in [-0.2, -0.15) is 0 Å². The largest absolute Gasteiger partial charge is 0.393 e. The van der Waals surface area contributed by atoms with E-state index < -0.39 is 0 Å². The number of hydrogen-bond donors (Lipinski definition) is 1. The van der Waals surface area contributed by atoms with Crippen molar-refractivity contribution >= 4 is 5.78 Å². The van der Waals surface area contributed by atoms with Crippen molar-refractivity contribution in [1.29, 1.82) is 0 Å². The van der Waals surface area contributed by atoms with Gasteiger partial charge in [-0.1, -0.05) is 20.8 Å². The average Bonchev–Trinajstić information content (AvgIpc) is 1.96. The van der Waals surface area contributed by atoms with E-state index in [9.17, 15) is 9.90 Å². The van der Waals surface area contributed by atoms with Gasteiger partial charge in [0.1, 0.15) is 5.78 Å². The van der Waals surface area contributed by atoms with Crippen molar-refractivity contribution in [2.24, 2.45) is 17.3 Å². The Morgan fingerprint density at radius 1 is 1.46 bits per heavy atom. The monoisotopic (exact) mass is 184 g/mol. The highest BCUT2D eigenvalue weighted by Crippen LogP contribution is 2.44. The van der Waals surface area contributed by atoms with Gasteiger partial charge in [-0.3, -0.25) is 4.79 Å². The normalized spacial score (nSPS) is 38.7. The van der Waals surface area contributed by atoms with Gasteiger partial charge in [0, 0.05) is 5.92 Å². The van der Waals surface area contributed by atoms with Crippen LogP contribution in [-0.2, 0) is 4.79 Å². The molecule has 3 atom stereocenters. The Balaban J connectivity index is 2.88. The van der Waals surface area contributed by atoms with Crippen molar-refractivity contribution in [2.45, 2.75) is 46.6 Å². The highest BCUT2D eigenvalue weighted by molar-refractivity contribution is 5.79. The molecule has 0 aromatic carbocycles. The molecule has 3 unspecified atom stereocenters. The number of aliphatic hydroxyl groups excluding tert-OH is 1. The third-order valence-electron chi connectivity index (χ3n) is 3.50. The Kier molecular flexibility index (Phi) is 2.81. The van der Waals surface area contributed by atoms with Crippen LogP contribution in [0, 0.1) is 17.3 Å². The molecule has 1 N–H and O–H groups in total. The molecule has 0 aromatic heterocycles. The predicted molar refractivity (Wildman–Crippen MR) is 52.4 cm³/mol. The molecule has 1 fully saturated rings. The summed E-state index contributed by atoms with van der Waals surface area (Å²) < 4.78 is 0. The molecule has 1 aliphatic rings. The molecule has 1 saturated carbocycles. The average molecular weight is 184 g/mol. The Morgan fingerprint density at radius 2 is 2.00 bits per heavy atom. The molecule has 0 radical (unpaired) electrons. The van der Waals surface area contributed by atoms with Gasteiger partial charge in [-0.25, -0.2) is 0 Å². The number of carbonyl (C=O) groups excluding carboxylic acids is 1. The maximum atomic E-state index is 11.5. The number of ketones is 1. The lowest BCUT2D eigenvalue weighted by atomic mass is 9.62. The molecule has 1 aliphatic carbocycles. The third-order valence-corrected chi connectivity index (χ3v) is 3.50. The smallest absolute Gasteiger partial charge is 0.133 e. The van der Waals surface area contributed by atoms with E-state index in [0.29, 0.717) is 0 Å². The summed E-state index contributed by atoms with van der Waals surface area (Å²) in [5, 5.41) is 9.68. The first-order valence-electron chi connectivity index (χ1n) is 5.05. The second-order valence-corrected chi connectivity index (χ2v) is 5.04. The van der Waals surface area contributed by atoms with Gasteiger partial charge < -0.3 is 5.11 Å². The van der Waals surface area contributed by atoms with Crippen molar-refractivity contribution < 1.29 is 9.90 Å². The van der Waals surface area contributed by atoms with Gasteiger partial charge in [0.2, 0.25) is 0 Å². The van der Waals surface area contributed by atoms with E-state index in [-0.39, 0.29) is 29.1 Å². The highest BCUT2D eigenvalue weighted by atomic mass is 16.3. The minimum Gasteiger partial charge on any atom is -0.393 e. The van der Waals surface area contributed by atoms with Crippen LogP contribution in [0.4, 0.5) is 0 Å². The summed E-state index contributed by atoms with van der Waals surface area (Å²) in [4.78, 5) is 11.5. The maximum Gasteiger partial charge on any atom is 0.133 e. The molecule has 0 aliphatic heterocycles. The number of Topliss-reactive ketones (excluding diaryl/α,β-unsaturated/α-hetero) is 1.